The molecule has 76 valence electrons. The van der Waals surface area contributed by atoms with Gasteiger partial charge in [-0.3, -0.25) is 0 Å². The largest absolute Gasteiger partial charge is 0.393 e. The summed E-state index contributed by atoms with van der Waals surface area (Å²) in [6.07, 6.45) is 0.984. The van der Waals surface area contributed by atoms with Crippen molar-refractivity contribution in [3.8, 4) is 0 Å². The first-order valence-electron chi connectivity index (χ1n) is 5.33. The molecule has 2 aliphatic rings. The van der Waals surface area contributed by atoms with Crippen molar-refractivity contribution in [2.24, 2.45) is 29.6 Å². The van der Waals surface area contributed by atoms with Crippen LogP contribution in [0.2, 0.25) is 0 Å². The van der Waals surface area contributed by atoms with Crippen LogP contribution in [0.15, 0.2) is 0 Å². The minimum absolute atomic E-state index is 0.0238. The van der Waals surface area contributed by atoms with Crippen molar-refractivity contribution in [3.63, 3.8) is 0 Å². The summed E-state index contributed by atoms with van der Waals surface area (Å²) in [5.74, 6) is 3.51. The van der Waals surface area contributed by atoms with Crippen molar-refractivity contribution in [2.75, 3.05) is 13.7 Å². The van der Waals surface area contributed by atoms with E-state index in [0.29, 0.717) is 11.8 Å². The summed E-state index contributed by atoms with van der Waals surface area (Å²) in [5.41, 5.74) is 0. The maximum atomic E-state index is 9.65. The second-order valence-electron chi connectivity index (χ2n) is 4.91. The Morgan fingerprint density at radius 2 is 2.00 bits per heavy atom. The number of methoxy groups -OCH3 is 1. The topological polar surface area (TPSA) is 29.5 Å². The van der Waals surface area contributed by atoms with Gasteiger partial charge < -0.3 is 9.84 Å². The summed E-state index contributed by atoms with van der Waals surface area (Å²) in [6.45, 7) is 5.42. The van der Waals surface area contributed by atoms with E-state index in [0.717, 1.165) is 30.8 Å². The molecule has 0 aromatic carbocycles. The predicted octanol–water partition coefficient (Wildman–Crippen LogP) is 1.53. The van der Waals surface area contributed by atoms with E-state index < -0.39 is 0 Å². The van der Waals surface area contributed by atoms with Crippen LogP contribution in [0, 0.1) is 29.6 Å². The second kappa shape index (κ2) is 3.25. The summed E-state index contributed by atoms with van der Waals surface area (Å²) < 4.78 is 5.17. The van der Waals surface area contributed by atoms with Gasteiger partial charge in [-0.25, -0.2) is 0 Å². The Labute approximate surface area is 80.3 Å². The lowest BCUT2D eigenvalue weighted by atomic mass is 9.68. The molecule has 2 rings (SSSR count). The molecule has 0 heterocycles. The lowest BCUT2D eigenvalue weighted by Crippen LogP contribution is -2.41. The number of aliphatic hydroxyl groups is 1. The molecule has 2 fully saturated rings. The molecule has 0 amide bonds. The third kappa shape index (κ3) is 1.40. The molecule has 0 radical (unpaired) electrons. The zero-order chi connectivity index (χ0) is 9.59. The van der Waals surface area contributed by atoms with E-state index in [4.69, 9.17) is 4.74 Å². The Morgan fingerprint density at radius 3 is 2.46 bits per heavy atom. The molecule has 0 bridgehead atoms. The number of rotatable bonds is 3. The molecule has 0 aromatic heterocycles. The Bertz CT molecular complexity index is 185. The monoisotopic (exact) mass is 184 g/mol. The van der Waals surface area contributed by atoms with Crippen molar-refractivity contribution in [3.05, 3.63) is 0 Å². The van der Waals surface area contributed by atoms with E-state index in [9.17, 15) is 5.11 Å². The fourth-order valence-corrected chi connectivity index (χ4v) is 3.19. The van der Waals surface area contributed by atoms with Crippen LogP contribution >= 0.6 is 0 Å². The second-order valence-corrected chi connectivity index (χ2v) is 4.91. The summed E-state index contributed by atoms with van der Waals surface area (Å²) in [7, 11) is 1.77. The van der Waals surface area contributed by atoms with Crippen LogP contribution in [0.25, 0.3) is 0 Å². The highest BCUT2D eigenvalue weighted by atomic mass is 16.5. The molecule has 13 heavy (non-hydrogen) atoms. The van der Waals surface area contributed by atoms with E-state index in [1.54, 1.807) is 7.11 Å². The first-order chi connectivity index (χ1) is 6.16. The molecule has 2 nitrogen and oxygen atoms in total. The van der Waals surface area contributed by atoms with Crippen LogP contribution in [0.3, 0.4) is 0 Å². The van der Waals surface area contributed by atoms with Gasteiger partial charge in [0.15, 0.2) is 0 Å². The molecule has 6 atom stereocenters. The van der Waals surface area contributed by atoms with Gasteiger partial charge in [-0.05, 0) is 36.0 Å². The molecular formula is C11H20O2. The Balaban J connectivity index is 1.89. The maximum Gasteiger partial charge on any atom is 0.0576 e. The van der Waals surface area contributed by atoms with Crippen molar-refractivity contribution >= 4 is 0 Å². The van der Waals surface area contributed by atoms with Gasteiger partial charge in [-0.1, -0.05) is 13.8 Å². The van der Waals surface area contributed by atoms with Gasteiger partial charge in [0.25, 0.3) is 0 Å². The van der Waals surface area contributed by atoms with Gasteiger partial charge >= 0.3 is 0 Å². The lowest BCUT2D eigenvalue weighted by Gasteiger charge is -2.40. The standard InChI is InChI=1S/C11H20O2/c1-6-4-9(12)10(6)11-7(2)8(11)5-13-3/h6-12H,4-5H2,1-3H3. The smallest absolute Gasteiger partial charge is 0.0576 e. The molecule has 2 saturated carbocycles. The SMILES string of the molecule is COCC1C(C)C1C1C(C)CC1O. The lowest BCUT2D eigenvalue weighted by molar-refractivity contribution is -0.0435. The van der Waals surface area contributed by atoms with Crippen LogP contribution in [-0.2, 0) is 4.74 Å². The highest BCUT2D eigenvalue weighted by Gasteiger charge is 2.57. The number of aliphatic hydroxyl groups excluding tert-OH is 1. The highest BCUT2D eigenvalue weighted by molar-refractivity contribution is 5.05. The molecule has 2 heteroatoms. The minimum atomic E-state index is -0.0238. The van der Waals surface area contributed by atoms with Crippen molar-refractivity contribution in [1.29, 1.82) is 0 Å². The molecule has 0 aromatic rings. The Morgan fingerprint density at radius 1 is 1.31 bits per heavy atom. The number of hydrogen-bond donors (Lipinski definition) is 1. The molecule has 0 aliphatic heterocycles. The normalized spacial score (nSPS) is 54.5. The average molecular weight is 184 g/mol. The van der Waals surface area contributed by atoms with E-state index in [1.165, 1.54) is 0 Å². The fourth-order valence-electron chi connectivity index (χ4n) is 3.19. The van der Waals surface area contributed by atoms with Gasteiger partial charge in [0, 0.05) is 13.7 Å². The third-order valence-electron chi connectivity index (χ3n) is 4.15. The van der Waals surface area contributed by atoms with Crippen LogP contribution in [0.5, 0.6) is 0 Å². The number of hydrogen-bond acceptors (Lipinski definition) is 2. The molecule has 1 N–H and O–H groups in total. The van der Waals surface area contributed by atoms with E-state index in [2.05, 4.69) is 13.8 Å². The quantitative estimate of drug-likeness (QED) is 0.721. The molecule has 0 saturated heterocycles. The molecule has 0 spiro atoms. The molecular weight excluding hydrogens is 164 g/mol. The van der Waals surface area contributed by atoms with Crippen LogP contribution < -0.4 is 0 Å². The molecule has 6 unspecified atom stereocenters. The fraction of sp³-hybridized carbons (Fsp3) is 1.00. The van der Waals surface area contributed by atoms with Crippen LogP contribution in [-0.4, -0.2) is 24.9 Å². The van der Waals surface area contributed by atoms with Crippen molar-refractivity contribution in [1.82, 2.24) is 0 Å². The summed E-state index contributed by atoms with van der Waals surface area (Å²) in [5, 5.41) is 9.65. The van der Waals surface area contributed by atoms with Crippen molar-refractivity contribution in [2.45, 2.75) is 26.4 Å². The van der Waals surface area contributed by atoms with Gasteiger partial charge in [0.1, 0.15) is 0 Å². The van der Waals surface area contributed by atoms with Gasteiger partial charge in [0.05, 0.1) is 6.10 Å². The van der Waals surface area contributed by atoms with Crippen LogP contribution in [0.1, 0.15) is 20.3 Å². The number of ether oxygens (including phenoxy) is 1. The highest BCUT2D eigenvalue weighted by Crippen LogP contribution is 2.58. The molecule has 2 aliphatic carbocycles. The van der Waals surface area contributed by atoms with Crippen molar-refractivity contribution < 1.29 is 9.84 Å². The Kier molecular flexibility index (Phi) is 2.37. The zero-order valence-electron chi connectivity index (χ0n) is 8.73. The summed E-state index contributed by atoms with van der Waals surface area (Å²) in [6, 6.07) is 0. The summed E-state index contributed by atoms with van der Waals surface area (Å²) in [4.78, 5) is 0. The van der Waals surface area contributed by atoms with Gasteiger partial charge in [-0.2, -0.15) is 0 Å². The first kappa shape index (κ1) is 9.47. The summed E-state index contributed by atoms with van der Waals surface area (Å²) >= 11 is 0. The van der Waals surface area contributed by atoms with E-state index in [-0.39, 0.29) is 6.10 Å². The van der Waals surface area contributed by atoms with Gasteiger partial charge in [0.2, 0.25) is 0 Å². The zero-order valence-corrected chi connectivity index (χ0v) is 8.73. The van der Waals surface area contributed by atoms with Crippen LogP contribution in [0.4, 0.5) is 0 Å². The maximum absolute atomic E-state index is 9.65. The third-order valence-corrected chi connectivity index (χ3v) is 4.15. The average Bonchev–Trinajstić information content (AvgIpc) is 2.64. The Hall–Kier alpha value is -0.0800. The minimum Gasteiger partial charge on any atom is -0.393 e. The van der Waals surface area contributed by atoms with E-state index in [1.807, 2.05) is 0 Å². The van der Waals surface area contributed by atoms with E-state index >= 15 is 0 Å². The predicted molar refractivity (Wildman–Crippen MR) is 51.3 cm³/mol. The first-order valence-corrected chi connectivity index (χ1v) is 5.33. The van der Waals surface area contributed by atoms with Gasteiger partial charge in [-0.15, -0.1) is 0 Å².